The molecule has 170 valence electrons. The first-order valence-electron chi connectivity index (χ1n) is 12.0. The number of esters is 1. The Hall–Kier alpha value is -1.68. The largest absolute Gasteiger partial charge is 0.456 e. The molecule has 0 aliphatic carbocycles. The van der Waals surface area contributed by atoms with E-state index in [0.717, 1.165) is 44.9 Å². The number of carbonyl (C=O) groups is 2. The van der Waals surface area contributed by atoms with Crippen molar-refractivity contribution in [2.24, 2.45) is 0 Å². The predicted octanol–water partition coefficient (Wildman–Crippen LogP) is 6.64. The van der Waals surface area contributed by atoms with Crippen LogP contribution in [0.2, 0.25) is 0 Å². The first-order chi connectivity index (χ1) is 14.5. The van der Waals surface area contributed by atoms with Crippen molar-refractivity contribution in [3.8, 4) is 0 Å². The van der Waals surface area contributed by atoms with Crippen molar-refractivity contribution in [1.29, 1.82) is 0 Å². The Morgan fingerprint density at radius 3 is 2.00 bits per heavy atom. The van der Waals surface area contributed by atoms with Crippen molar-refractivity contribution in [2.75, 3.05) is 0 Å². The average molecular weight is 419 g/mol. The van der Waals surface area contributed by atoms with Gasteiger partial charge in [0.1, 0.15) is 11.9 Å². The fraction of sp³-hybridized carbons (Fsp3) is 0.692. The number of aliphatic hydroxyl groups is 1. The predicted molar refractivity (Wildman–Crippen MR) is 123 cm³/mol. The van der Waals surface area contributed by atoms with Crippen LogP contribution in [0.25, 0.3) is 0 Å². The van der Waals surface area contributed by atoms with E-state index in [0.29, 0.717) is 24.8 Å². The topological polar surface area (TPSA) is 63.6 Å². The third kappa shape index (κ3) is 12.8. The molecule has 0 fully saturated rings. The van der Waals surface area contributed by atoms with Crippen molar-refractivity contribution >= 4 is 11.8 Å². The van der Waals surface area contributed by atoms with Gasteiger partial charge in [-0.25, -0.2) is 4.79 Å². The fourth-order valence-electron chi connectivity index (χ4n) is 3.68. The zero-order valence-corrected chi connectivity index (χ0v) is 19.1. The Morgan fingerprint density at radius 2 is 1.40 bits per heavy atom. The van der Waals surface area contributed by atoms with E-state index >= 15 is 0 Å². The summed E-state index contributed by atoms with van der Waals surface area (Å²) in [5, 5.41) is 10.6. The van der Waals surface area contributed by atoms with E-state index < -0.39 is 12.2 Å². The maximum absolute atomic E-state index is 12.4. The second-order valence-electron chi connectivity index (χ2n) is 8.44. The average Bonchev–Trinajstić information content (AvgIpc) is 2.74. The van der Waals surface area contributed by atoms with Gasteiger partial charge in [0.05, 0.1) is 11.7 Å². The molecule has 1 N–H and O–H groups in total. The molecule has 2 unspecified atom stereocenters. The Kier molecular flexibility index (Phi) is 15.0. The summed E-state index contributed by atoms with van der Waals surface area (Å²) in [4.78, 5) is 23.3. The number of hydrogen-bond donors (Lipinski definition) is 1. The molecule has 1 aromatic rings. The van der Waals surface area contributed by atoms with Gasteiger partial charge in [0.2, 0.25) is 0 Å². The van der Waals surface area contributed by atoms with Crippen molar-refractivity contribution < 1.29 is 19.4 Å². The highest BCUT2D eigenvalue weighted by molar-refractivity contribution is 5.89. The van der Waals surface area contributed by atoms with E-state index in [-0.39, 0.29) is 11.8 Å². The normalized spacial score (nSPS) is 13.0. The van der Waals surface area contributed by atoms with Gasteiger partial charge >= 0.3 is 5.97 Å². The molecule has 0 radical (unpaired) electrons. The number of rotatable bonds is 18. The number of aliphatic hydroxyl groups excluding tert-OH is 1. The fourth-order valence-corrected chi connectivity index (χ4v) is 3.68. The molecule has 1 rings (SSSR count). The van der Waals surface area contributed by atoms with E-state index in [2.05, 4.69) is 6.92 Å². The lowest BCUT2D eigenvalue weighted by Gasteiger charge is -2.23. The van der Waals surface area contributed by atoms with E-state index in [1.54, 1.807) is 19.1 Å². The summed E-state index contributed by atoms with van der Waals surface area (Å²) in [6, 6.07) is 9.01. The molecule has 0 bridgehead atoms. The summed E-state index contributed by atoms with van der Waals surface area (Å²) in [5.74, 6) is -0.0584. The van der Waals surface area contributed by atoms with Crippen molar-refractivity contribution in [3.63, 3.8) is 0 Å². The number of unbranched alkanes of at least 4 members (excludes halogenated alkanes) is 9. The van der Waals surface area contributed by atoms with Crippen LogP contribution in [0.4, 0.5) is 0 Å². The molecule has 0 spiro atoms. The van der Waals surface area contributed by atoms with Gasteiger partial charge in [-0.3, -0.25) is 0 Å². The number of benzene rings is 1. The Bertz CT molecular complexity index is 570. The Labute approximate surface area is 183 Å². The maximum atomic E-state index is 12.4. The second kappa shape index (κ2) is 17.0. The molecule has 2 atom stereocenters. The van der Waals surface area contributed by atoms with Gasteiger partial charge in [0, 0.05) is 6.42 Å². The quantitative estimate of drug-likeness (QED) is 0.214. The van der Waals surface area contributed by atoms with Crippen LogP contribution < -0.4 is 0 Å². The Morgan fingerprint density at radius 1 is 0.833 bits per heavy atom. The van der Waals surface area contributed by atoms with Crippen molar-refractivity contribution in [2.45, 2.75) is 116 Å². The summed E-state index contributed by atoms with van der Waals surface area (Å²) >= 11 is 0. The lowest BCUT2D eigenvalue weighted by molar-refractivity contribution is -0.117. The van der Waals surface area contributed by atoms with Gasteiger partial charge in [0.25, 0.3) is 0 Å². The second-order valence-corrected chi connectivity index (χ2v) is 8.44. The molecule has 4 nitrogen and oxygen atoms in total. The van der Waals surface area contributed by atoms with Gasteiger partial charge < -0.3 is 14.6 Å². The standard InChI is InChI=1S/C26H42O4/c1-3-4-12-21-25(30-26(29)23-18-14-11-15-19-23)24(28)20-16-10-8-6-5-7-9-13-17-22(2)27/h11,14-15,18-19,24-25,28H,3-10,12-13,16-17,20-21H2,1-2H3. The summed E-state index contributed by atoms with van der Waals surface area (Å²) in [6.45, 7) is 3.80. The molecule has 4 heteroatoms. The minimum atomic E-state index is -0.596. The molecule has 0 aliphatic rings. The smallest absolute Gasteiger partial charge is 0.338 e. The first kappa shape index (κ1) is 26.4. The molecule has 0 saturated carbocycles. The van der Waals surface area contributed by atoms with Crippen LogP contribution in [0.3, 0.4) is 0 Å². The molecule has 0 amide bonds. The highest BCUT2D eigenvalue weighted by Crippen LogP contribution is 2.18. The van der Waals surface area contributed by atoms with Crippen molar-refractivity contribution in [3.05, 3.63) is 35.9 Å². The SMILES string of the molecule is CCCCCC(OC(=O)c1ccccc1)C(O)CCCCCCCCCCC(C)=O. The number of Topliss-reactive ketones (excluding diaryl/α,β-unsaturated/α-hetero) is 1. The van der Waals surface area contributed by atoms with Gasteiger partial charge in [-0.2, -0.15) is 0 Å². The number of ether oxygens (including phenoxy) is 1. The first-order valence-corrected chi connectivity index (χ1v) is 12.0. The third-order valence-corrected chi connectivity index (χ3v) is 5.57. The van der Waals surface area contributed by atoms with Gasteiger partial charge in [0.15, 0.2) is 0 Å². The summed E-state index contributed by atoms with van der Waals surface area (Å²) in [7, 11) is 0. The van der Waals surface area contributed by atoms with Crippen LogP contribution in [0.1, 0.15) is 114 Å². The van der Waals surface area contributed by atoms with E-state index in [1.807, 2.05) is 18.2 Å². The maximum Gasteiger partial charge on any atom is 0.338 e. The van der Waals surface area contributed by atoms with Crippen LogP contribution in [0.15, 0.2) is 30.3 Å². The van der Waals surface area contributed by atoms with Crippen LogP contribution in [0, 0.1) is 0 Å². The lowest BCUT2D eigenvalue weighted by atomic mass is 9.99. The van der Waals surface area contributed by atoms with Gasteiger partial charge in [-0.05, 0) is 44.7 Å². The summed E-state index contributed by atoms with van der Waals surface area (Å²) < 4.78 is 5.68. The number of hydrogen-bond acceptors (Lipinski definition) is 4. The lowest BCUT2D eigenvalue weighted by Crippen LogP contribution is -2.31. The Balaban J connectivity index is 2.26. The highest BCUT2D eigenvalue weighted by Gasteiger charge is 2.23. The summed E-state index contributed by atoms with van der Waals surface area (Å²) in [5.41, 5.74) is 0.536. The van der Waals surface area contributed by atoms with Crippen LogP contribution in [-0.2, 0) is 9.53 Å². The minimum Gasteiger partial charge on any atom is -0.456 e. The molecule has 0 heterocycles. The van der Waals surface area contributed by atoms with Gasteiger partial charge in [-0.15, -0.1) is 0 Å². The minimum absolute atomic E-state index is 0.288. The number of ketones is 1. The molecular weight excluding hydrogens is 376 g/mol. The zero-order chi connectivity index (χ0) is 22.0. The third-order valence-electron chi connectivity index (χ3n) is 5.57. The van der Waals surface area contributed by atoms with Gasteiger partial charge in [-0.1, -0.05) is 82.9 Å². The van der Waals surface area contributed by atoms with E-state index in [4.69, 9.17) is 4.74 Å². The molecule has 30 heavy (non-hydrogen) atoms. The zero-order valence-electron chi connectivity index (χ0n) is 19.1. The van der Waals surface area contributed by atoms with E-state index in [1.165, 1.54) is 25.7 Å². The highest BCUT2D eigenvalue weighted by atomic mass is 16.6. The molecule has 0 saturated heterocycles. The number of carbonyl (C=O) groups excluding carboxylic acids is 2. The molecule has 0 aromatic heterocycles. The van der Waals surface area contributed by atoms with E-state index in [9.17, 15) is 14.7 Å². The van der Waals surface area contributed by atoms with Crippen LogP contribution >= 0.6 is 0 Å². The van der Waals surface area contributed by atoms with Crippen LogP contribution in [0.5, 0.6) is 0 Å². The monoisotopic (exact) mass is 418 g/mol. The molecule has 0 aliphatic heterocycles. The molecule has 1 aromatic carbocycles. The van der Waals surface area contributed by atoms with Crippen LogP contribution in [-0.4, -0.2) is 29.1 Å². The molecular formula is C26H42O4. The summed E-state index contributed by atoms with van der Waals surface area (Å²) in [6.07, 6.45) is 13.2. The van der Waals surface area contributed by atoms with Crippen molar-refractivity contribution in [1.82, 2.24) is 0 Å².